The first-order chi connectivity index (χ1) is 10.7. The zero-order chi connectivity index (χ0) is 15.5. The summed E-state index contributed by atoms with van der Waals surface area (Å²) in [4.78, 5) is 11.3. The molecule has 22 heavy (non-hydrogen) atoms. The number of aldehydes is 1. The topological polar surface area (TPSA) is 40.5 Å². The summed E-state index contributed by atoms with van der Waals surface area (Å²) in [6.45, 7) is 0.661. The first-order valence-corrected chi connectivity index (χ1v) is 7.00. The Morgan fingerprint density at radius 2 is 1.82 bits per heavy atom. The van der Waals surface area contributed by atoms with E-state index in [0.29, 0.717) is 12.1 Å². The lowest BCUT2D eigenvalue weighted by Gasteiger charge is -2.08. The first-order valence-electron chi connectivity index (χ1n) is 7.00. The minimum Gasteiger partial charge on any atom is -0.497 e. The zero-order valence-corrected chi connectivity index (χ0v) is 12.6. The molecule has 1 aromatic heterocycles. The second-order valence-electron chi connectivity index (χ2n) is 5.06. The number of nitrogens with zero attached hydrogens (tertiary/aromatic N) is 1. The summed E-state index contributed by atoms with van der Waals surface area (Å²) in [6, 6.07) is 13.6. The third-order valence-electron chi connectivity index (χ3n) is 3.73. The van der Waals surface area contributed by atoms with Gasteiger partial charge in [0.05, 0.1) is 19.7 Å². The Balaban J connectivity index is 2.07. The largest absolute Gasteiger partial charge is 0.497 e. The highest BCUT2D eigenvalue weighted by atomic mass is 16.5. The molecule has 0 fully saturated rings. The highest BCUT2D eigenvalue weighted by Crippen LogP contribution is 2.26. The van der Waals surface area contributed by atoms with Crippen LogP contribution >= 0.6 is 0 Å². The number of carbonyl (C=O) groups excluding carboxylic acids is 1. The Bertz CT molecular complexity index is 820. The van der Waals surface area contributed by atoms with Crippen LogP contribution in [0.25, 0.3) is 10.9 Å². The fourth-order valence-corrected chi connectivity index (χ4v) is 2.62. The molecule has 0 aliphatic heterocycles. The molecular weight excluding hydrogens is 278 g/mol. The van der Waals surface area contributed by atoms with Crippen LogP contribution in [-0.2, 0) is 6.54 Å². The molecule has 112 valence electrons. The molecule has 3 rings (SSSR count). The minimum atomic E-state index is 0.661. The van der Waals surface area contributed by atoms with Crippen molar-refractivity contribution in [3.05, 3.63) is 59.8 Å². The third-order valence-corrected chi connectivity index (χ3v) is 3.73. The molecule has 0 unspecified atom stereocenters. The summed E-state index contributed by atoms with van der Waals surface area (Å²) in [5.41, 5.74) is 2.77. The molecule has 2 aromatic carbocycles. The van der Waals surface area contributed by atoms with E-state index in [1.54, 1.807) is 14.2 Å². The lowest BCUT2D eigenvalue weighted by Crippen LogP contribution is -1.98. The highest BCUT2D eigenvalue weighted by Gasteiger charge is 2.10. The van der Waals surface area contributed by atoms with Gasteiger partial charge in [-0.15, -0.1) is 0 Å². The molecule has 4 heteroatoms. The molecule has 1 heterocycles. The maximum Gasteiger partial charge on any atom is 0.152 e. The summed E-state index contributed by atoms with van der Waals surface area (Å²) >= 11 is 0. The van der Waals surface area contributed by atoms with E-state index in [1.807, 2.05) is 48.7 Å². The van der Waals surface area contributed by atoms with Gasteiger partial charge in [0.1, 0.15) is 11.5 Å². The first kappa shape index (κ1) is 14.2. The van der Waals surface area contributed by atoms with E-state index in [1.165, 1.54) is 0 Å². The predicted molar refractivity (Wildman–Crippen MR) is 86.0 cm³/mol. The quantitative estimate of drug-likeness (QED) is 0.676. The second kappa shape index (κ2) is 5.93. The van der Waals surface area contributed by atoms with E-state index >= 15 is 0 Å². The van der Waals surface area contributed by atoms with Crippen LogP contribution in [-0.4, -0.2) is 25.1 Å². The maximum absolute atomic E-state index is 11.3. The molecule has 3 aromatic rings. The number of fused-ring (bicyclic) bond motifs is 1. The number of rotatable bonds is 5. The van der Waals surface area contributed by atoms with Crippen LogP contribution in [0.3, 0.4) is 0 Å². The van der Waals surface area contributed by atoms with Crippen LogP contribution in [0, 0.1) is 0 Å². The van der Waals surface area contributed by atoms with Crippen molar-refractivity contribution in [1.82, 2.24) is 4.57 Å². The monoisotopic (exact) mass is 295 g/mol. The molecule has 0 radical (unpaired) electrons. The van der Waals surface area contributed by atoms with Gasteiger partial charge in [0.2, 0.25) is 0 Å². The highest BCUT2D eigenvalue weighted by molar-refractivity contribution is 5.98. The lowest BCUT2D eigenvalue weighted by atomic mass is 10.2. The number of aromatic nitrogens is 1. The normalized spacial score (nSPS) is 10.6. The third kappa shape index (κ3) is 2.55. The van der Waals surface area contributed by atoms with Gasteiger partial charge in [-0.25, -0.2) is 0 Å². The number of hydrogen-bond acceptors (Lipinski definition) is 3. The van der Waals surface area contributed by atoms with Crippen molar-refractivity contribution in [2.45, 2.75) is 6.54 Å². The standard InChI is InChI=1S/C18H17NO3/c1-21-15-5-3-4-13(8-15)10-19-11-14(12-20)17-7-6-16(22-2)9-18(17)19/h3-9,11-12H,10H2,1-2H3. The van der Waals surface area contributed by atoms with Gasteiger partial charge in [-0.2, -0.15) is 0 Å². The summed E-state index contributed by atoms with van der Waals surface area (Å²) in [5.74, 6) is 1.59. The molecule has 0 saturated heterocycles. The van der Waals surface area contributed by atoms with Crippen molar-refractivity contribution < 1.29 is 14.3 Å². The van der Waals surface area contributed by atoms with Crippen LogP contribution in [0.15, 0.2) is 48.7 Å². The number of carbonyl (C=O) groups is 1. The molecule has 0 amide bonds. The van der Waals surface area contributed by atoms with Gasteiger partial charge < -0.3 is 14.0 Å². The smallest absolute Gasteiger partial charge is 0.152 e. The summed E-state index contributed by atoms with van der Waals surface area (Å²) in [7, 11) is 3.29. The van der Waals surface area contributed by atoms with Crippen LogP contribution < -0.4 is 9.47 Å². The Morgan fingerprint density at radius 1 is 1.05 bits per heavy atom. The van der Waals surface area contributed by atoms with E-state index in [4.69, 9.17) is 9.47 Å². The summed E-state index contributed by atoms with van der Waals surface area (Å²) in [6.07, 6.45) is 2.76. The molecular formula is C18H17NO3. The van der Waals surface area contributed by atoms with E-state index < -0.39 is 0 Å². The summed E-state index contributed by atoms with van der Waals surface area (Å²) in [5, 5.41) is 0.929. The predicted octanol–water partition coefficient (Wildman–Crippen LogP) is 3.52. The fraction of sp³-hybridized carbons (Fsp3) is 0.167. The molecule has 0 aliphatic rings. The van der Waals surface area contributed by atoms with Gasteiger partial charge in [-0.05, 0) is 29.8 Å². The van der Waals surface area contributed by atoms with E-state index in [0.717, 1.165) is 34.3 Å². The van der Waals surface area contributed by atoms with Gasteiger partial charge in [-0.1, -0.05) is 12.1 Å². The van der Waals surface area contributed by atoms with Crippen molar-refractivity contribution in [2.24, 2.45) is 0 Å². The molecule has 0 spiro atoms. The van der Waals surface area contributed by atoms with Crippen molar-refractivity contribution in [3.63, 3.8) is 0 Å². The Morgan fingerprint density at radius 3 is 2.55 bits per heavy atom. The van der Waals surface area contributed by atoms with Crippen molar-refractivity contribution in [1.29, 1.82) is 0 Å². The SMILES string of the molecule is COc1cccc(Cn2cc(C=O)c3ccc(OC)cc32)c1. The van der Waals surface area contributed by atoms with Crippen molar-refractivity contribution in [3.8, 4) is 11.5 Å². The fourth-order valence-electron chi connectivity index (χ4n) is 2.62. The van der Waals surface area contributed by atoms with Crippen LogP contribution in [0.5, 0.6) is 11.5 Å². The number of benzene rings is 2. The number of hydrogen-bond donors (Lipinski definition) is 0. The average molecular weight is 295 g/mol. The van der Waals surface area contributed by atoms with E-state index in [-0.39, 0.29) is 0 Å². The lowest BCUT2D eigenvalue weighted by molar-refractivity contribution is 0.112. The maximum atomic E-state index is 11.3. The minimum absolute atomic E-state index is 0.661. The molecule has 0 atom stereocenters. The Hall–Kier alpha value is -2.75. The molecule has 0 aliphatic carbocycles. The van der Waals surface area contributed by atoms with Gasteiger partial charge >= 0.3 is 0 Å². The average Bonchev–Trinajstić information content (AvgIpc) is 2.92. The van der Waals surface area contributed by atoms with Gasteiger partial charge in [-0.3, -0.25) is 4.79 Å². The molecule has 0 saturated carbocycles. The van der Waals surface area contributed by atoms with Gasteiger partial charge in [0.25, 0.3) is 0 Å². The van der Waals surface area contributed by atoms with E-state index in [9.17, 15) is 4.79 Å². The van der Waals surface area contributed by atoms with Crippen molar-refractivity contribution >= 4 is 17.2 Å². The van der Waals surface area contributed by atoms with Crippen LogP contribution in [0.2, 0.25) is 0 Å². The van der Waals surface area contributed by atoms with Crippen molar-refractivity contribution in [2.75, 3.05) is 14.2 Å². The molecule has 0 N–H and O–H groups in total. The zero-order valence-electron chi connectivity index (χ0n) is 12.6. The van der Waals surface area contributed by atoms with Crippen LogP contribution in [0.4, 0.5) is 0 Å². The Kier molecular flexibility index (Phi) is 3.83. The van der Waals surface area contributed by atoms with Gasteiger partial charge in [0, 0.05) is 29.8 Å². The number of methoxy groups -OCH3 is 2. The summed E-state index contributed by atoms with van der Waals surface area (Å²) < 4.78 is 12.6. The Labute approximate surface area is 128 Å². The number of ether oxygens (including phenoxy) is 2. The second-order valence-corrected chi connectivity index (χ2v) is 5.06. The molecule has 0 bridgehead atoms. The van der Waals surface area contributed by atoms with E-state index in [2.05, 4.69) is 4.57 Å². The molecule has 4 nitrogen and oxygen atoms in total. The van der Waals surface area contributed by atoms with Gasteiger partial charge in [0.15, 0.2) is 6.29 Å². The van der Waals surface area contributed by atoms with Crippen LogP contribution in [0.1, 0.15) is 15.9 Å².